The van der Waals surface area contributed by atoms with Gasteiger partial charge in [-0.1, -0.05) is 6.07 Å². The Morgan fingerprint density at radius 2 is 2.08 bits per heavy atom. The number of hydrogen-bond donors (Lipinski definition) is 1. The predicted octanol–water partition coefficient (Wildman–Crippen LogP) is 2.31. The molecule has 132 valence electrons. The smallest absolute Gasteiger partial charge is 0.389 e. The van der Waals surface area contributed by atoms with Gasteiger partial charge in [0.25, 0.3) is 0 Å². The van der Waals surface area contributed by atoms with Crippen molar-refractivity contribution in [3.05, 3.63) is 23.8 Å². The summed E-state index contributed by atoms with van der Waals surface area (Å²) in [4.78, 5) is 13.7. The molecule has 1 fully saturated rings. The number of carbonyl (C=O) groups is 1. The van der Waals surface area contributed by atoms with Crippen LogP contribution in [0.1, 0.15) is 18.4 Å². The molecular formula is C16H19F3N2O3. The first-order valence-corrected chi connectivity index (χ1v) is 7.83. The summed E-state index contributed by atoms with van der Waals surface area (Å²) in [6, 6.07) is 5.42. The van der Waals surface area contributed by atoms with E-state index in [1.54, 1.807) is 17.0 Å². The minimum atomic E-state index is -4.14. The normalized spacial score (nSPS) is 20.4. The molecule has 1 amide bonds. The van der Waals surface area contributed by atoms with Crippen molar-refractivity contribution in [3.63, 3.8) is 0 Å². The van der Waals surface area contributed by atoms with Crippen LogP contribution >= 0.6 is 0 Å². The number of carbonyl (C=O) groups excluding carboxylic acids is 1. The molecule has 1 aromatic rings. The Balaban J connectivity index is 1.42. The monoisotopic (exact) mass is 344 g/mol. The number of rotatable bonds is 5. The number of benzene rings is 1. The molecule has 24 heavy (non-hydrogen) atoms. The molecule has 2 aliphatic heterocycles. The third-order valence-electron chi connectivity index (χ3n) is 4.18. The highest BCUT2D eigenvalue weighted by atomic mass is 19.4. The summed E-state index contributed by atoms with van der Waals surface area (Å²) in [7, 11) is 0. The Labute approximate surface area is 137 Å². The van der Waals surface area contributed by atoms with Gasteiger partial charge in [0.15, 0.2) is 11.5 Å². The van der Waals surface area contributed by atoms with Crippen molar-refractivity contribution in [3.8, 4) is 11.5 Å². The van der Waals surface area contributed by atoms with Gasteiger partial charge in [-0.25, -0.2) is 0 Å². The van der Waals surface area contributed by atoms with Gasteiger partial charge in [-0.2, -0.15) is 13.2 Å². The van der Waals surface area contributed by atoms with Gasteiger partial charge in [0.1, 0.15) is 0 Å². The molecule has 0 spiro atoms. The van der Waals surface area contributed by atoms with Gasteiger partial charge >= 0.3 is 6.18 Å². The highest BCUT2D eigenvalue weighted by molar-refractivity contribution is 5.78. The molecule has 8 heteroatoms. The number of fused-ring (bicyclic) bond motifs is 1. The van der Waals surface area contributed by atoms with E-state index in [1.807, 2.05) is 6.07 Å². The average molecular weight is 344 g/mol. The zero-order valence-corrected chi connectivity index (χ0v) is 13.1. The maximum Gasteiger partial charge on any atom is 0.389 e. The standard InChI is InChI=1S/C16H19F3N2O3/c17-16(18,19)6-12-3-4-21(8-12)9-15(22)20-7-11-1-2-13-14(5-11)24-10-23-13/h1-2,5,12H,3-4,6-10H2,(H,20,22). The molecule has 1 aromatic carbocycles. The molecule has 1 saturated heterocycles. The van der Waals surface area contributed by atoms with Crippen LogP contribution in [0.3, 0.4) is 0 Å². The van der Waals surface area contributed by atoms with Gasteiger partial charge in [0.2, 0.25) is 12.7 Å². The fourth-order valence-electron chi connectivity index (χ4n) is 3.06. The van der Waals surface area contributed by atoms with Crippen LogP contribution in [-0.4, -0.2) is 43.4 Å². The van der Waals surface area contributed by atoms with Crippen molar-refractivity contribution >= 4 is 5.91 Å². The lowest BCUT2D eigenvalue weighted by atomic mass is 10.1. The number of ether oxygens (including phenoxy) is 2. The van der Waals surface area contributed by atoms with Crippen molar-refractivity contribution in [1.29, 1.82) is 0 Å². The van der Waals surface area contributed by atoms with E-state index in [2.05, 4.69) is 5.32 Å². The molecule has 2 heterocycles. The second-order valence-corrected chi connectivity index (χ2v) is 6.17. The van der Waals surface area contributed by atoms with Crippen LogP contribution in [-0.2, 0) is 11.3 Å². The van der Waals surface area contributed by atoms with Gasteiger partial charge < -0.3 is 14.8 Å². The number of nitrogens with zero attached hydrogens (tertiary/aromatic N) is 1. The lowest BCUT2D eigenvalue weighted by Gasteiger charge is -2.16. The number of likely N-dealkylation sites (tertiary alicyclic amines) is 1. The SMILES string of the molecule is O=C(CN1CCC(CC(F)(F)F)C1)NCc1ccc2c(c1)OCO2. The van der Waals surface area contributed by atoms with Crippen LogP contribution in [0, 0.1) is 5.92 Å². The van der Waals surface area contributed by atoms with Gasteiger partial charge in [0, 0.05) is 19.5 Å². The number of amides is 1. The highest BCUT2D eigenvalue weighted by Crippen LogP contribution is 2.32. The van der Waals surface area contributed by atoms with Crippen molar-refractivity contribution in [2.45, 2.75) is 25.6 Å². The first kappa shape index (κ1) is 16.9. The summed E-state index contributed by atoms with van der Waals surface area (Å²) >= 11 is 0. The second-order valence-electron chi connectivity index (χ2n) is 6.17. The van der Waals surface area contributed by atoms with Crippen LogP contribution in [0.15, 0.2) is 18.2 Å². The van der Waals surface area contributed by atoms with E-state index in [4.69, 9.17) is 9.47 Å². The summed E-state index contributed by atoms with van der Waals surface area (Å²) < 4.78 is 47.6. The summed E-state index contributed by atoms with van der Waals surface area (Å²) in [5, 5.41) is 2.78. The lowest BCUT2D eigenvalue weighted by Crippen LogP contribution is -2.36. The topological polar surface area (TPSA) is 50.8 Å². The molecule has 0 radical (unpaired) electrons. The van der Waals surface area contributed by atoms with Crippen LogP contribution in [0.5, 0.6) is 11.5 Å². The summed E-state index contributed by atoms with van der Waals surface area (Å²) in [6.45, 7) is 1.50. The maximum absolute atomic E-state index is 12.4. The molecule has 5 nitrogen and oxygen atoms in total. The Kier molecular flexibility index (Phi) is 4.84. The van der Waals surface area contributed by atoms with E-state index in [1.165, 1.54) is 0 Å². The zero-order chi connectivity index (χ0) is 17.2. The maximum atomic E-state index is 12.4. The van der Waals surface area contributed by atoms with E-state index in [0.717, 1.165) is 5.56 Å². The number of hydrogen-bond acceptors (Lipinski definition) is 4. The quantitative estimate of drug-likeness (QED) is 0.891. The third kappa shape index (κ3) is 4.53. The van der Waals surface area contributed by atoms with Gasteiger partial charge in [0.05, 0.1) is 6.54 Å². The molecular weight excluding hydrogens is 325 g/mol. The molecule has 2 aliphatic rings. The van der Waals surface area contributed by atoms with E-state index < -0.39 is 18.5 Å². The fourth-order valence-corrected chi connectivity index (χ4v) is 3.06. The Morgan fingerprint density at radius 1 is 1.29 bits per heavy atom. The number of nitrogens with one attached hydrogen (secondary N) is 1. The molecule has 1 atom stereocenters. The van der Waals surface area contributed by atoms with Crippen molar-refractivity contribution in [2.24, 2.45) is 5.92 Å². The van der Waals surface area contributed by atoms with Crippen LogP contribution < -0.4 is 14.8 Å². The molecule has 0 aromatic heterocycles. The molecule has 1 N–H and O–H groups in total. The van der Waals surface area contributed by atoms with Crippen molar-refractivity contribution in [1.82, 2.24) is 10.2 Å². The van der Waals surface area contributed by atoms with E-state index in [-0.39, 0.29) is 19.2 Å². The van der Waals surface area contributed by atoms with E-state index in [0.29, 0.717) is 37.6 Å². The van der Waals surface area contributed by atoms with Crippen LogP contribution in [0.2, 0.25) is 0 Å². The zero-order valence-electron chi connectivity index (χ0n) is 13.1. The third-order valence-corrected chi connectivity index (χ3v) is 4.18. The van der Waals surface area contributed by atoms with Gasteiger partial charge in [-0.3, -0.25) is 9.69 Å². The second kappa shape index (κ2) is 6.88. The first-order valence-electron chi connectivity index (χ1n) is 7.83. The molecule has 3 rings (SSSR count). The van der Waals surface area contributed by atoms with Gasteiger partial charge in [-0.05, 0) is 36.6 Å². The minimum absolute atomic E-state index is 0.124. The highest BCUT2D eigenvalue weighted by Gasteiger charge is 2.35. The minimum Gasteiger partial charge on any atom is -0.454 e. The molecule has 0 aliphatic carbocycles. The van der Waals surface area contributed by atoms with Gasteiger partial charge in [-0.15, -0.1) is 0 Å². The van der Waals surface area contributed by atoms with Crippen LogP contribution in [0.25, 0.3) is 0 Å². The van der Waals surface area contributed by atoms with Crippen molar-refractivity contribution in [2.75, 3.05) is 26.4 Å². The predicted molar refractivity (Wildman–Crippen MR) is 79.6 cm³/mol. The number of alkyl halides is 3. The Bertz CT molecular complexity index is 607. The number of halogens is 3. The summed E-state index contributed by atoms with van der Waals surface area (Å²) in [5.41, 5.74) is 0.879. The van der Waals surface area contributed by atoms with E-state index in [9.17, 15) is 18.0 Å². The largest absolute Gasteiger partial charge is 0.454 e. The van der Waals surface area contributed by atoms with Crippen LogP contribution in [0.4, 0.5) is 13.2 Å². The summed E-state index contributed by atoms with van der Waals surface area (Å²) in [6.07, 6.45) is -4.43. The average Bonchev–Trinajstić information content (AvgIpc) is 3.12. The van der Waals surface area contributed by atoms with Crippen molar-refractivity contribution < 1.29 is 27.4 Å². The fraction of sp³-hybridized carbons (Fsp3) is 0.562. The molecule has 1 unspecified atom stereocenters. The van der Waals surface area contributed by atoms with E-state index >= 15 is 0 Å². The Hall–Kier alpha value is -1.96. The first-order chi connectivity index (χ1) is 11.4. The Morgan fingerprint density at radius 3 is 2.88 bits per heavy atom. The summed E-state index contributed by atoms with van der Waals surface area (Å²) in [5.74, 6) is 0.723. The molecule has 0 saturated carbocycles. The molecule has 0 bridgehead atoms. The lowest BCUT2D eigenvalue weighted by molar-refractivity contribution is -0.143.